The number of benzene rings is 2. The van der Waals surface area contributed by atoms with Gasteiger partial charge < -0.3 is 14.8 Å². The van der Waals surface area contributed by atoms with Crippen LogP contribution in [-0.4, -0.2) is 34.1 Å². The number of hydrogen-bond donors (Lipinski definition) is 1. The number of carbonyl (C=O) groups excluding carboxylic acids is 1. The molecule has 2 aromatic carbocycles. The molecule has 8 nitrogen and oxygen atoms in total. The van der Waals surface area contributed by atoms with Gasteiger partial charge in [-0.1, -0.05) is 23.4 Å². The van der Waals surface area contributed by atoms with Crippen LogP contribution in [0.3, 0.4) is 0 Å². The van der Waals surface area contributed by atoms with Crippen LogP contribution in [0.15, 0.2) is 47.3 Å². The van der Waals surface area contributed by atoms with E-state index in [2.05, 4.69) is 15.6 Å². The highest BCUT2D eigenvalue weighted by atomic mass is 16.5. The number of ether oxygens (including phenoxy) is 2. The largest absolute Gasteiger partial charge is 0.490 e. The van der Waals surface area contributed by atoms with Crippen LogP contribution in [0.5, 0.6) is 11.5 Å². The van der Waals surface area contributed by atoms with Gasteiger partial charge in [0.15, 0.2) is 11.5 Å². The van der Waals surface area contributed by atoms with E-state index in [1.165, 1.54) is 4.68 Å². The monoisotopic (exact) mass is 410 g/mol. The number of fused-ring (bicyclic) bond motifs is 1. The van der Waals surface area contributed by atoms with E-state index in [0.717, 1.165) is 5.56 Å². The summed E-state index contributed by atoms with van der Waals surface area (Å²) in [5, 5.41) is 11.4. The molecular formula is C22H26N4O4. The van der Waals surface area contributed by atoms with Gasteiger partial charge in [-0.25, -0.2) is 4.68 Å². The summed E-state index contributed by atoms with van der Waals surface area (Å²) in [5.41, 5.74) is 1.18. The number of carbonyl (C=O) groups is 1. The highest BCUT2D eigenvalue weighted by Gasteiger charge is 2.14. The lowest BCUT2D eigenvalue weighted by Crippen LogP contribution is -2.30. The van der Waals surface area contributed by atoms with E-state index in [0.29, 0.717) is 35.6 Å². The fraction of sp³-hybridized carbons (Fsp3) is 0.364. The minimum absolute atomic E-state index is 0.118. The zero-order chi connectivity index (χ0) is 21.5. The molecule has 1 N–H and O–H groups in total. The number of amides is 1. The van der Waals surface area contributed by atoms with Gasteiger partial charge in [-0.2, -0.15) is 0 Å². The molecule has 0 radical (unpaired) electrons. The van der Waals surface area contributed by atoms with Crippen LogP contribution in [0.2, 0.25) is 0 Å². The van der Waals surface area contributed by atoms with Crippen molar-refractivity contribution in [1.82, 2.24) is 20.3 Å². The lowest BCUT2D eigenvalue weighted by Gasteiger charge is -2.17. The minimum atomic E-state index is -0.255. The Morgan fingerprint density at radius 1 is 1.10 bits per heavy atom. The van der Waals surface area contributed by atoms with Crippen molar-refractivity contribution in [3.63, 3.8) is 0 Å². The SMILES string of the molecule is CCOc1ccc(C(C)NC(=O)CCn2nnc3ccccc3c2=O)cc1OCC. The molecule has 0 saturated heterocycles. The third-order valence-electron chi connectivity index (χ3n) is 4.62. The van der Waals surface area contributed by atoms with Crippen molar-refractivity contribution < 1.29 is 14.3 Å². The molecule has 1 unspecified atom stereocenters. The van der Waals surface area contributed by atoms with Crippen molar-refractivity contribution in [2.24, 2.45) is 0 Å². The molecule has 3 rings (SSSR count). The average Bonchev–Trinajstić information content (AvgIpc) is 2.75. The maximum Gasteiger partial charge on any atom is 0.277 e. The van der Waals surface area contributed by atoms with E-state index in [9.17, 15) is 9.59 Å². The summed E-state index contributed by atoms with van der Waals surface area (Å²) in [6.07, 6.45) is 0.118. The van der Waals surface area contributed by atoms with E-state index in [1.807, 2.05) is 39.0 Å². The van der Waals surface area contributed by atoms with Crippen LogP contribution in [0.25, 0.3) is 10.9 Å². The van der Waals surface area contributed by atoms with Gasteiger partial charge in [0, 0.05) is 6.42 Å². The molecule has 158 valence electrons. The Morgan fingerprint density at radius 2 is 1.83 bits per heavy atom. The second-order valence-electron chi connectivity index (χ2n) is 6.75. The van der Waals surface area contributed by atoms with E-state index in [-0.39, 0.29) is 30.5 Å². The quantitative estimate of drug-likeness (QED) is 0.583. The summed E-state index contributed by atoms with van der Waals surface area (Å²) in [6.45, 7) is 6.94. The molecule has 1 atom stereocenters. The summed E-state index contributed by atoms with van der Waals surface area (Å²) in [5.74, 6) is 1.14. The molecule has 1 amide bonds. The Morgan fingerprint density at radius 3 is 2.60 bits per heavy atom. The van der Waals surface area contributed by atoms with Gasteiger partial charge >= 0.3 is 0 Å². The van der Waals surface area contributed by atoms with Gasteiger partial charge in [-0.15, -0.1) is 5.10 Å². The van der Waals surface area contributed by atoms with Crippen molar-refractivity contribution in [1.29, 1.82) is 0 Å². The van der Waals surface area contributed by atoms with E-state index >= 15 is 0 Å². The average molecular weight is 410 g/mol. The molecule has 30 heavy (non-hydrogen) atoms. The molecule has 0 aliphatic heterocycles. The molecule has 0 aliphatic rings. The van der Waals surface area contributed by atoms with E-state index < -0.39 is 0 Å². The van der Waals surface area contributed by atoms with Gasteiger partial charge in [0.2, 0.25) is 5.91 Å². The van der Waals surface area contributed by atoms with Gasteiger partial charge in [0.25, 0.3) is 5.56 Å². The van der Waals surface area contributed by atoms with Crippen LogP contribution < -0.4 is 20.3 Å². The van der Waals surface area contributed by atoms with Crippen LogP contribution in [0.4, 0.5) is 0 Å². The van der Waals surface area contributed by atoms with Crippen LogP contribution in [-0.2, 0) is 11.3 Å². The topological polar surface area (TPSA) is 95.3 Å². The Kier molecular flexibility index (Phi) is 7.00. The van der Waals surface area contributed by atoms with Crippen molar-refractivity contribution in [2.75, 3.05) is 13.2 Å². The summed E-state index contributed by atoms with van der Waals surface area (Å²) in [7, 11) is 0. The first-order chi connectivity index (χ1) is 14.5. The third-order valence-corrected chi connectivity index (χ3v) is 4.62. The van der Waals surface area contributed by atoms with Crippen LogP contribution in [0, 0.1) is 0 Å². The van der Waals surface area contributed by atoms with Gasteiger partial charge in [0.05, 0.1) is 31.2 Å². The van der Waals surface area contributed by atoms with Crippen molar-refractivity contribution in [3.8, 4) is 11.5 Å². The lowest BCUT2D eigenvalue weighted by molar-refractivity contribution is -0.122. The molecule has 0 saturated carbocycles. The Bertz CT molecular complexity index is 1080. The highest BCUT2D eigenvalue weighted by Crippen LogP contribution is 2.30. The second-order valence-corrected chi connectivity index (χ2v) is 6.75. The summed E-state index contributed by atoms with van der Waals surface area (Å²) in [4.78, 5) is 24.9. The third kappa shape index (κ3) is 4.94. The highest BCUT2D eigenvalue weighted by molar-refractivity contribution is 5.77. The first kappa shape index (κ1) is 21.3. The van der Waals surface area contributed by atoms with E-state index in [1.54, 1.807) is 24.3 Å². The summed E-state index contributed by atoms with van der Waals surface area (Å²) < 4.78 is 12.4. The van der Waals surface area contributed by atoms with Gasteiger partial charge in [0.1, 0.15) is 5.52 Å². The molecule has 0 spiro atoms. The molecule has 8 heteroatoms. The first-order valence-corrected chi connectivity index (χ1v) is 10.0. The summed E-state index contributed by atoms with van der Waals surface area (Å²) in [6, 6.07) is 12.4. The standard InChI is InChI=1S/C22H26N4O4/c1-4-29-19-11-10-16(14-20(19)30-5-2)15(3)23-21(27)12-13-26-22(28)17-8-6-7-9-18(17)24-25-26/h6-11,14-15H,4-5,12-13H2,1-3H3,(H,23,27). The fourth-order valence-electron chi connectivity index (χ4n) is 3.11. The Hall–Kier alpha value is -3.42. The maximum atomic E-state index is 12.5. The van der Waals surface area contributed by atoms with Gasteiger partial charge in [-0.3, -0.25) is 9.59 Å². The van der Waals surface area contributed by atoms with Crippen molar-refractivity contribution >= 4 is 16.8 Å². The molecule has 0 bridgehead atoms. The second kappa shape index (κ2) is 9.87. The number of rotatable bonds is 9. The predicted octanol–water partition coefficient (Wildman–Crippen LogP) is 2.86. The van der Waals surface area contributed by atoms with Gasteiger partial charge in [-0.05, 0) is 50.6 Å². The molecular weight excluding hydrogens is 384 g/mol. The molecule has 1 aromatic heterocycles. The Labute approximate surface area is 174 Å². The maximum absolute atomic E-state index is 12.5. The minimum Gasteiger partial charge on any atom is -0.490 e. The zero-order valence-corrected chi connectivity index (χ0v) is 17.4. The van der Waals surface area contributed by atoms with Crippen molar-refractivity contribution in [2.45, 2.75) is 39.8 Å². The molecule has 0 aliphatic carbocycles. The normalized spacial score (nSPS) is 11.8. The Balaban J connectivity index is 1.64. The number of nitrogens with zero attached hydrogens (tertiary/aromatic N) is 3. The van der Waals surface area contributed by atoms with E-state index in [4.69, 9.17) is 9.47 Å². The summed E-state index contributed by atoms with van der Waals surface area (Å²) >= 11 is 0. The molecule has 3 aromatic rings. The zero-order valence-electron chi connectivity index (χ0n) is 17.4. The molecule has 0 fully saturated rings. The smallest absolute Gasteiger partial charge is 0.277 e. The number of aromatic nitrogens is 3. The number of hydrogen-bond acceptors (Lipinski definition) is 6. The fourth-order valence-corrected chi connectivity index (χ4v) is 3.11. The molecule has 1 heterocycles. The lowest BCUT2D eigenvalue weighted by atomic mass is 10.1. The number of nitrogens with one attached hydrogen (secondary N) is 1. The van der Waals surface area contributed by atoms with Crippen molar-refractivity contribution in [3.05, 3.63) is 58.4 Å². The number of aryl methyl sites for hydroxylation is 1. The van der Waals surface area contributed by atoms with Crippen LogP contribution >= 0.6 is 0 Å². The van der Waals surface area contributed by atoms with Crippen LogP contribution in [0.1, 0.15) is 38.8 Å². The first-order valence-electron chi connectivity index (χ1n) is 10.0. The predicted molar refractivity (Wildman–Crippen MR) is 114 cm³/mol.